The molecular weight excluding hydrogens is 384 g/mol. The lowest BCUT2D eigenvalue weighted by molar-refractivity contribution is 0.102. The molecule has 2 N–H and O–H groups in total. The molecule has 0 bridgehead atoms. The van der Waals surface area contributed by atoms with Gasteiger partial charge in [0.15, 0.2) is 0 Å². The maximum absolute atomic E-state index is 12.7. The molecule has 27 heavy (non-hydrogen) atoms. The summed E-state index contributed by atoms with van der Waals surface area (Å²) in [6.45, 7) is 1.87. The van der Waals surface area contributed by atoms with E-state index in [1.165, 1.54) is 18.2 Å². The predicted octanol–water partition coefficient (Wildman–Crippen LogP) is 4.70. The van der Waals surface area contributed by atoms with Gasteiger partial charge in [-0.3, -0.25) is 9.52 Å². The number of hydrogen-bond donors (Lipinski definition) is 2. The number of carbonyl (C=O) groups excluding carboxylic acids is 1. The van der Waals surface area contributed by atoms with Crippen LogP contribution in [-0.2, 0) is 10.0 Å². The molecule has 0 fully saturated rings. The van der Waals surface area contributed by atoms with Crippen LogP contribution in [0.3, 0.4) is 0 Å². The van der Waals surface area contributed by atoms with E-state index in [2.05, 4.69) is 10.0 Å². The van der Waals surface area contributed by atoms with Gasteiger partial charge < -0.3 is 5.32 Å². The first kappa shape index (κ1) is 18.9. The molecule has 0 aromatic heterocycles. The van der Waals surface area contributed by atoms with Gasteiger partial charge in [-0.15, -0.1) is 0 Å². The van der Waals surface area contributed by atoms with E-state index in [-0.39, 0.29) is 15.5 Å². The number of hydrogen-bond acceptors (Lipinski definition) is 3. The van der Waals surface area contributed by atoms with Crippen LogP contribution in [0.25, 0.3) is 0 Å². The van der Waals surface area contributed by atoms with Gasteiger partial charge >= 0.3 is 0 Å². The fraction of sp³-hybridized carbons (Fsp3) is 0.0500. The molecule has 3 aromatic rings. The summed E-state index contributed by atoms with van der Waals surface area (Å²) in [4.78, 5) is 12.4. The van der Waals surface area contributed by atoms with Gasteiger partial charge in [0.05, 0.1) is 5.02 Å². The Balaban J connectivity index is 1.90. The van der Waals surface area contributed by atoms with E-state index in [0.717, 1.165) is 5.56 Å². The van der Waals surface area contributed by atoms with Gasteiger partial charge in [0, 0.05) is 16.9 Å². The lowest BCUT2D eigenvalue weighted by Crippen LogP contribution is -2.16. The van der Waals surface area contributed by atoms with Gasteiger partial charge in [-0.05, 0) is 48.9 Å². The summed E-state index contributed by atoms with van der Waals surface area (Å²) in [5, 5.41) is 2.81. The van der Waals surface area contributed by atoms with Crippen molar-refractivity contribution in [2.75, 3.05) is 10.0 Å². The molecule has 5 nitrogen and oxygen atoms in total. The third-order valence-corrected chi connectivity index (χ3v) is 5.77. The minimum absolute atomic E-state index is 0.0332. The number of sulfonamides is 1. The van der Waals surface area contributed by atoms with Crippen LogP contribution in [0, 0.1) is 6.92 Å². The summed E-state index contributed by atoms with van der Waals surface area (Å²) >= 11 is 6.09. The van der Waals surface area contributed by atoms with Crippen LogP contribution >= 0.6 is 11.6 Å². The molecule has 138 valence electrons. The molecule has 1 amide bonds. The zero-order valence-corrected chi connectivity index (χ0v) is 16.0. The molecule has 0 aliphatic carbocycles. The highest BCUT2D eigenvalue weighted by Crippen LogP contribution is 2.26. The normalized spacial score (nSPS) is 11.0. The van der Waals surface area contributed by atoms with E-state index in [1.807, 2.05) is 25.1 Å². The highest BCUT2D eigenvalue weighted by atomic mass is 35.5. The van der Waals surface area contributed by atoms with E-state index < -0.39 is 15.9 Å². The van der Waals surface area contributed by atoms with Gasteiger partial charge in [0.25, 0.3) is 15.9 Å². The summed E-state index contributed by atoms with van der Waals surface area (Å²) in [6, 6.07) is 19.9. The first-order chi connectivity index (χ1) is 12.9. The minimum Gasteiger partial charge on any atom is -0.322 e. The predicted molar refractivity (Wildman–Crippen MR) is 108 cm³/mol. The number of halogens is 1. The summed E-state index contributed by atoms with van der Waals surface area (Å²) in [5.41, 5.74) is 2.15. The summed E-state index contributed by atoms with van der Waals surface area (Å²) in [5.74, 6) is -0.419. The second kappa shape index (κ2) is 7.82. The van der Waals surface area contributed by atoms with Gasteiger partial charge in [0.1, 0.15) is 4.90 Å². The van der Waals surface area contributed by atoms with Crippen LogP contribution in [0.15, 0.2) is 77.7 Å². The van der Waals surface area contributed by atoms with E-state index in [1.54, 1.807) is 36.4 Å². The fourth-order valence-corrected chi connectivity index (χ4v) is 4.06. The zero-order valence-electron chi connectivity index (χ0n) is 14.4. The Morgan fingerprint density at radius 2 is 1.59 bits per heavy atom. The Morgan fingerprint density at radius 3 is 2.30 bits per heavy atom. The Bertz CT molecular complexity index is 1080. The van der Waals surface area contributed by atoms with Crippen molar-refractivity contribution in [3.05, 3.63) is 88.9 Å². The molecule has 0 radical (unpaired) electrons. The third kappa shape index (κ3) is 4.48. The van der Waals surface area contributed by atoms with Crippen LogP contribution < -0.4 is 10.0 Å². The van der Waals surface area contributed by atoms with E-state index in [0.29, 0.717) is 11.4 Å². The Hall–Kier alpha value is -2.83. The number of benzene rings is 3. The van der Waals surface area contributed by atoms with Crippen LogP contribution in [0.4, 0.5) is 11.4 Å². The van der Waals surface area contributed by atoms with Crippen molar-refractivity contribution in [1.82, 2.24) is 0 Å². The van der Waals surface area contributed by atoms with Crippen LogP contribution in [0.2, 0.25) is 5.02 Å². The van der Waals surface area contributed by atoms with Crippen LogP contribution in [0.1, 0.15) is 15.9 Å². The topological polar surface area (TPSA) is 75.3 Å². The highest BCUT2D eigenvalue weighted by Gasteiger charge is 2.20. The minimum atomic E-state index is -3.94. The Kier molecular flexibility index (Phi) is 5.48. The number of aryl methyl sites for hydroxylation is 1. The standard InChI is InChI=1S/C20H17ClN2O3S/c1-14-7-5-6-10-18(14)22-20(24)15-11-12-17(21)19(13-15)27(25,26)23-16-8-3-2-4-9-16/h2-13,23H,1H3,(H,22,24). The number of para-hydroxylation sites is 2. The van der Waals surface area contributed by atoms with E-state index >= 15 is 0 Å². The zero-order chi connectivity index (χ0) is 19.4. The highest BCUT2D eigenvalue weighted by molar-refractivity contribution is 7.92. The molecule has 0 aliphatic heterocycles. The molecule has 0 atom stereocenters. The van der Waals surface area contributed by atoms with Crippen molar-refractivity contribution in [3.8, 4) is 0 Å². The van der Waals surface area contributed by atoms with Crippen molar-refractivity contribution in [2.45, 2.75) is 11.8 Å². The maximum Gasteiger partial charge on any atom is 0.263 e. The molecule has 0 saturated heterocycles. The molecule has 0 heterocycles. The quantitative estimate of drug-likeness (QED) is 0.651. The van der Waals surface area contributed by atoms with Crippen LogP contribution in [-0.4, -0.2) is 14.3 Å². The number of anilines is 2. The van der Waals surface area contributed by atoms with Crippen molar-refractivity contribution in [3.63, 3.8) is 0 Å². The molecule has 7 heteroatoms. The third-order valence-electron chi connectivity index (χ3n) is 3.90. The monoisotopic (exact) mass is 400 g/mol. The summed E-state index contributed by atoms with van der Waals surface area (Å²) in [6.07, 6.45) is 0. The van der Waals surface area contributed by atoms with E-state index in [4.69, 9.17) is 11.6 Å². The lowest BCUT2D eigenvalue weighted by Gasteiger charge is -2.12. The average Bonchev–Trinajstić information content (AvgIpc) is 2.64. The summed E-state index contributed by atoms with van der Waals surface area (Å²) in [7, 11) is -3.94. The first-order valence-electron chi connectivity index (χ1n) is 8.11. The van der Waals surface area contributed by atoms with Gasteiger partial charge in [-0.25, -0.2) is 8.42 Å². The largest absolute Gasteiger partial charge is 0.322 e. The maximum atomic E-state index is 12.7. The lowest BCUT2D eigenvalue weighted by atomic mass is 10.1. The molecule has 3 aromatic carbocycles. The molecular formula is C20H17ClN2O3S. The van der Waals surface area contributed by atoms with E-state index in [9.17, 15) is 13.2 Å². The van der Waals surface area contributed by atoms with Crippen molar-refractivity contribution >= 4 is 38.9 Å². The Morgan fingerprint density at radius 1 is 0.926 bits per heavy atom. The van der Waals surface area contributed by atoms with Crippen molar-refractivity contribution < 1.29 is 13.2 Å². The smallest absolute Gasteiger partial charge is 0.263 e. The average molecular weight is 401 g/mol. The fourth-order valence-electron chi connectivity index (χ4n) is 2.47. The SMILES string of the molecule is Cc1ccccc1NC(=O)c1ccc(Cl)c(S(=O)(=O)Nc2ccccc2)c1. The molecule has 0 saturated carbocycles. The van der Waals surface area contributed by atoms with Gasteiger partial charge in [-0.2, -0.15) is 0 Å². The number of amides is 1. The number of rotatable bonds is 5. The molecule has 3 rings (SSSR count). The molecule has 0 aliphatic rings. The number of carbonyl (C=O) groups is 1. The second-order valence-electron chi connectivity index (χ2n) is 5.89. The Labute approximate surface area is 163 Å². The molecule has 0 spiro atoms. The van der Waals surface area contributed by atoms with Crippen molar-refractivity contribution in [2.24, 2.45) is 0 Å². The first-order valence-corrected chi connectivity index (χ1v) is 9.97. The van der Waals surface area contributed by atoms with Gasteiger partial charge in [-0.1, -0.05) is 48.0 Å². The molecule has 0 unspecified atom stereocenters. The van der Waals surface area contributed by atoms with Gasteiger partial charge in [0.2, 0.25) is 0 Å². The number of nitrogens with one attached hydrogen (secondary N) is 2. The second-order valence-corrected chi connectivity index (χ2v) is 7.94. The van der Waals surface area contributed by atoms with Crippen LogP contribution in [0.5, 0.6) is 0 Å². The summed E-state index contributed by atoms with van der Waals surface area (Å²) < 4.78 is 27.8. The van der Waals surface area contributed by atoms with Crippen molar-refractivity contribution in [1.29, 1.82) is 0 Å².